The molecule has 2 fully saturated rings. The average molecular weight is 256 g/mol. The summed E-state index contributed by atoms with van der Waals surface area (Å²) in [5, 5.41) is 12.7. The molecule has 2 rings (SSSR count). The molecular formula is C13H24N2O3. The Morgan fingerprint density at radius 3 is 3.00 bits per heavy atom. The van der Waals surface area contributed by atoms with Crippen LogP contribution in [0.5, 0.6) is 0 Å². The predicted molar refractivity (Wildman–Crippen MR) is 68.2 cm³/mol. The lowest BCUT2D eigenvalue weighted by Gasteiger charge is -2.37. The van der Waals surface area contributed by atoms with Crippen LogP contribution in [-0.2, 0) is 9.53 Å². The summed E-state index contributed by atoms with van der Waals surface area (Å²) < 4.78 is 5.43. The van der Waals surface area contributed by atoms with E-state index in [1.54, 1.807) is 0 Å². The highest BCUT2D eigenvalue weighted by atomic mass is 16.5. The quantitative estimate of drug-likeness (QED) is 0.742. The first kappa shape index (κ1) is 13.8. The molecule has 5 nitrogen and oxygen atoms in total. The Labute approximate surface area is 108 Å². The molecule has 0 aromatic carbocycles. The van der Waals surface area contributed by atoms with Gasteiger partial charge in [-0.1, -0.05) is 6.92 Å². The van der Waals surface area contributed by atoms with E-state index in [1.807, 2.05) is 11.8 Å². The van der Waals surface area contributed by atoms with Crippen LogP contribution in [0, 0.1) is 5.92 Å². The number of aliphatic hydroxyl groups is 1. The van der Waals surface area contributed by atoms with Gasteiger partial charge in [0.25, 0.3) is 0 Å². The maximum Gasteiger partial charge on any atom is 0.230 e. The van der Waals surface area contributed by atoms with Crippen LogP contribution in [0.25, 0.3) is 0 Å². The van der Waals surface area contributed by atoms with Gasteiger partial charge in [-0.05, 0) is 25.8 Å². The zero-order valence-electron chi connectivity index (χ0n) is 11.1. The van der Waals surface area contributed by atoms with E-state index in [0.29, 0.717) is 13.2 Å². The molecule has 104 valence electrons. The predicted octanol–water partition coefficient (Wildman–Crippen LogP) is -0.0157. The van der Waals surface area contributed by atoms with Crippen LogP contribution in [0.4, 0.5) is 0 Å². The number of piperidine rings is 1. The van der Waals surface area contributed by atoms with Crippen LogP contribution in [0.3, 0.4) is 0 Å². The van der Waals surface area contributed by atoms with Crippen LogP contribution >= 0.6 is 0 Å². The number of amides is 1. The van der Waals surface area contributed by atoms with E-state index in [1.165, 1.54) is 0 Å². The van der Waals surface area contributed by atoms with Crippen molar-refractivity contribution in [1.29, 1.82) is 0 Å². The number of likely N-dealkylation sites (N-methyl/N-ethyl adjacent to an activating group) is 1. The van der Waals surface area contributed by atoms with Crippen LogP contribution in [0.15, 0.2) is 0 Å². The monoisotopic (exact) mass is 256 g/mol. The summed E-state index contributed by atoms with van der Waals surface area (Å²) in [7, 11) is 0. The molecular weight excluding hydrogens is 232 g/mol. The summed E-state index contributed by atoms with van der Waals surface area (Å²) in [5.74, 6) is 0.0642. The summed E-state index contributed by atoms with van der Waals surface area (Å²) in [4.78, 5) is 14.4. The van der Waals surface area contributed by atoms with Crippen molar-refractivity contribution in [3.05, 3.63) is 0 Å². The third-order valence-electron chi connectivity index (χ3n) is 3.98. The molecule has 2 aliphatic heterocycles. The second kappa shape index (κ2) is 6.50. The molecule has 5 heteroatoms. The molecule has 0 saturated carbocycles. The van der Waals surface area contributed by atoms with Crippen LogP contribution in [0.2, 0.25) is 0 Å². The summed E-state index contributed by atoms with van der Waals surface area (Å²) in [6, 6.07) is 0.137. The standard InChI is InChI=1S/C13H24N2O3/c1-2-14-12-9-18-8-11(12)13(17)15-6-4-3-5-10(15)7-16/h10-12,14,16H,2-9H2,1H3. The first-order valence-electron chi connectivity index (χ1n) is 7.00. The Morgan fingerprint density at radius 1 is 1.44 bits per heavy atom. The summed E-state index contributed by atoms with van der Waals surface area (Å²) in [6.07, 6.45) is 3.07. The van der Waals surface area contributed by atoms with Gasteiger partial charge in [0, 0.05) is 12.6 Å². The number of nitrogens with one attached hydrogen (secondary N) is 1. The molecule has 2 aliphatic rings. The average Bonchev–Trinajstić information content (AvgIpc) is 2.86. The first-order chi connectivity index (χ1) is 8.77. The third kappa shape index (κ3) is 2.84. The van der Waals surface area contributed by atoms with Crippen molar-refractivity contribution in [1.82, 2.24) is 10.2 Å². The second-order valence-corrected chi connectivity index (χ2v) is 5.17. The number of rotatable bonds is 4. The molecule has 0 radical (unpaired) electrons. The van der Waals surface area contributed by atoms with E-state index in [4.69, 9.17) is 4.74 Å². The summed E-state index contributed by atoms with van der Waals surface area (Å²) in [5.41, 5.74) is 0. The van der Waals surface area contributed by atoms with Crippen molar-refractivity contribution < 1.29 is 14.6 Å². The van der Waals surface area contributed by atoms with E-state index < -0.39 is 0 Å². The number of carbonyl (C=O) groups excluding carboxylic acids is 1. The van der Waals surface area contributed by atoms with E-state index in [0.717, 1.165) is 32.4 Å². The fraction of sp³-hybridized carbons (Fsp3) is 0.923. The fourth-order valence-electron chi connectivity index (χ4n) is 2.95. The largest absolute Gasteiger partial charge is 0.394 e. The molecule has 0 aromatic heterocycles. The lowest BCUT2D eigenvalue weighted by atomic mass is 9.97. The molecule has 18 heavy (non-hydrogen) atoms. The Kier molecular flexibility index (Phi) is 4.97. The molecule has 0 spiro atoms. The topological polar surface area (TPSA) is 61.8 Å². The van der Waals surface area contributed by atoms with Crippen molar-refractivity contribution in [2.24, 2.45) is 5.92 Å². The van der Waals surface area contributed by atoms with Crippen molar-refractivity contribution in [2.45, 2.75) is 38.3 Å². The zero-order chi connectivity index (χ0) is 13.0. The Bertz CT molecular complexity index is 285. The van der Waals surface area contributed by atoms with Gasteiger partial charge in [0.05, 0.1) is 31.8 Å². The van der Waals surface area contributed by atoms with Gasteiger partial charge < -0.3 is 20.1 Å². The van der Waals surface area contributed by atoms with Gasteiger partial charge in [0.1, 0.15) is 0 Å². The number of carbonyl (C=O) groups is 1. The van der Waals surface area contributed by atoms with Gasteiger partial charge in [0.2, 0.25) is 5.91 Å². The molecule has 2 saturated heterocycles. The van der Waals surface area contributed by atoms with E-state index in [-0.39, 0.29) is 30.5 Å². The highest BCUT2D eigenvalue weighted by Crippen LogP contribution is 2.23. The molecule has 0 aliphatic carbocycles. The molecule has 3 atom stereocenters. The maximum absolute atomic E-state index is 12.5. The number of likely N-dealkylation sites (tertiary alicyclic amines) is 1. The van der Waals surface area contributed by atoms with Crippen molar-refractivity contribution in [3.63, 3.8) is 0 Å². The minimum absolute atomic E-state index is 0.00845. The molecule has 2 heterocycles. The van der Waals surface area contributed by atoms with Gasteiger partial charge in [-0.15, -0.1) is 0 Å². The van der Waals surface area contributed by atoms with Crippen molar-refractivity contribution in [2.75, 3.05) is 32.9 Å². The molecule has 2 N–H and O–H groups in total. The highest BCUT2D eigenvalue weighted by Gasteiger charge is 2.38. The minimum atomic E-state index is -0.0860. The van der Waals surface area contributed by atoms with Gasteiger partial charge >= 0.3 is 0 Å². The maximum atomic E-state index is 12.5. The molecule has 1 amide bonds. The number of aliphatic hydroxyl groups excluding tert-OH is 1. The van der Waals surface area contributed by atoms with Gasteiger partial charge in [-0.2, -0.15) is 0 Å². The highest BCUT2D eigenvalue weighted by molar-refractivity contribution is 5.80. The Morgan fingerprint density at radius 2 is 2.28 bits per heavy atom. The van der Waals surface area contributed by atoms with Crippen molar-refractivity contribution in [3.8, 4) is 0 Å². The molecule has 0 aromatic rings. The number of hydrogen-bond acceptors (Lipinski definition) is 4. The second-order valence-electron chi connectivity index (χ2n) is 5.17. The van der Waals surface area contributed by atoms with E-state index in [9.17, 15) is 9.90 Å². The smallest absolute Gasteiger partial charge is 0.230 e. The van der Waals surface area contributed by atoms with Crippen LogP contribution < -0.4 is 5.32 Å². The lowest BCUT2D eigenvalue weighted by Crippen LogP contribution is -2.52. The van der Waals surface area contributed by atoms with Gasteiger partial charge in [0.15, 0.2) is 0 Å². The SMILES string of the molecule is CCNC1COCC1C(=O)N1CCCCC1CO. The Hall–Kier alpha value is -0.650. The molecule has 0 bridgehead atoms. The lowest BCUT2D eigenvalue weighted by molar-refractivity contribution is -0.140. The Balaban J connectivity index is 2.00. The van der Waals surface area contributed by atoms with Gasteiger partial charge in [-0.25, -0.2) is 0 Å². The third-order valence-corrected chi connectivity index (χ3v) is 3.98. The van der Waals surface area contributed by atoms with Gasteiger partial charge in [-0.3, -0.25) is 4.79 Å². The van der Waals surface area contributed by atoms with Crippen LogP contribution in [0.1, 0.15) is 26.2 Å². The number of hydrogen-bond donors (Lipinski definition) is 2. The van der Waals surface area contributed by atoms with E-state index in [2.05, 4.69) is 5.32 Å². The minimum Gasteiger partial charge on any atom is -0.394 e. The summed E-state index contributed by atoms with van der Waals surface area (Å²) in [6.45, 7) is 4.86. The molecule has 3 unspecified atom stereocenters. The van der Waals surface area contributed by atoms with E-state index >= 15 is 0 Å². The number of ether oxygens (including phenoxy) is 1. The normalized spacial score (nSPS) is 32.8. The summed E-state index contributed by atoms with van der Waals surface area (Å²) >= 11 is 0. The zero-order valence-corrected chi connectivity index (χ0v) is 11.1. The number of nitrogens with zero attached hydrogens (tertiary/aromatic N) is 1. The fourth-order valence-corrected chi connectivity index (χ4v) is 2.95. The first-order valence-corrected chi connectivity index (χ1v) is 7.00. The van der Waals surface area contributed by atoms with Crippen molar-refractivity contribution >= 4 is 5.91 Å². The van der Waals surface area contributed by atoms with Crippen LogP contribution in [-0.4, -0.2) is 60.9 Å².